The van der Waals surface area contributed by atoms with Crippen LogP contribution in [0.1, 0.15) is 18.1 Å². The Morgan fingerprint density at radius 1 is 1.12 bits per heavy atom. The van der Waals surface area contributed by atoms with E-state index in [0.717, 1.165) is 16.7 Å². The van der Waals surface area contributed by atoms with Crippen LogP contribution in [0.2, 0.25) is 0 Å². The van der Waals surface area contributed by atoms with Gasteiger partial charge in [0, 0.05) is 25.2 Å². The minimum absolute atomic E-state index is 0.0956. The Morgan fingerprint density at radius 2 is 1.76 bits per heavy atom. The molecule has 0 unspecified atom stereocenters. The SMILES string of the molecule is C=C(C)COc1cc(CNCc2ccc([N+](=O)[O-])cc2)ccc1OC. The van der Waals surface area contributed by atoms with Gasteiger partial charge in [-0.1, -0.05) is 24.8 Å². The Labute approximate surface area is 147 Å². The number of benzene rings is 2. The number of methoxy groups -OCH3 is 1. The molecular formula is C19H22N2O4. The maximum absolute atomic E-state index is 10.7. The second kappa shape index (κ2) is 8.84. The predicted molar refractivity (Wildman–Crippen MR) is 96.9 cm³/mol. The molecule has 6 heteroatoms. The minimum atomic E-state index is -0.402. The van der Waals surface area contributed by atoms with E-state index in [1.807, 2.05) is 25.1 Å². The molecule has 0 aliphatic carbocycles. The van der Waals surface area contributed by atoms with E-state index in [-0.39, 0.29) is 5.69 Å². The molecule has 0 amide bonds. The summed E-state index contributed by atoms with van der Waals surface area (Å²) in [4.78, 5) is 10.3. The van der Waals surface area contributed by atoms with Gasteiger partial charge in [0.2, 0.25) is 0 Å². The van der Waals surface area contributed by atoms with E-state index in [1.54, 1.807) is 19.2 Å². The van der Waals surface area contributed by atoms with Crippen molar-refractivity contribution in [2.75, 3.05) is 13.7 Å². The lowest BCUT2D eigenvalue weighted by molar-refractivity contribution is -0.384. The number of non-ortho nitro benzene ring substituents is 1. The second-order valence-electron chi connectivity index (χ2n) is 5.76. The van der Waals surface area contributed by atoms with E-state index in [2.05, 4.69) is 11.9 Å². The minimum Gasteiger partial charge on any atom is -0.493 e. The quantitative estimate of drug-likeness (QED) is 0.426. The van der Waals surface area contributed by atoms with Gasteiger partial charge in [0.05, 0.1) is 12.0 Å². The van der Waals surface area contributed by atoms with Crippen molar-refractivity contribution < 1.29 is 14.4 Å². The lowest BCUT2D eigenvalue weighted by Gasteiger charge is -2.13. The lowest BCUT2D eigenvalue weighted by atomic mass is 10.1. The molecule has 0 aromatic heterocycles. The third kappa shape index (κ3) is 5.61. The third-order valence-corrected chi connectivity index (χ3v) is 3.51. The number of hydrogen-bond donors (Lipinski definition) is 1. The van der Waals surface area contributed by atoms with E-state index in [9.17, 15) is 10.1 Å². The van der Waals surface area contributed by atoms with Crippen LogP contribution < -0.4 is 14.8 Å². The van der Waals surface area contributed by atoms with Crippen LogP contribution in [0.5, 0.6) is 11.5 Å². The molecule has 0 bridgehead atoms. The standard InChI is InChI=1S/C19H22N2O4/c1-14(2)13-25-19-10-16(6-9-18(19)24-3)12-20-11-15-4-7-17(8-5-15)21(22)23/h4-10,20H,1,11-13H2,2-3H3. The van der Waals surface area contributed by atoms with Crippen LogP contribution in [0.15, 0.2) is 54.6 Å². The van der Waals surface area contributed by atoms with Crippen molar-refractivity contribution in [1.29, 1.82) is 0 Å². The highest BCUT2D eigenvalue weighted by molar-refractivity contribution is 5.43. The molecule has 1 N–H and O–H groups in total. The zero-order chi connectivity index (χ0) is 18.2. The van der Waals surface area contributed by atoms with Gasteiger partial charge in [-0.05, 0) is 35.8 Å². The number of rotatable bonds is 9. The molecule has 6 nitrogen and oxygen atoms in total. The molecule has 0 fully saturated rings. The van der Waals surface area contributed by atoms with Crippen molar-refractivity contribution in [3.63, 3.8) is 0 Å². The number of hydrogen-bond acceptors (Lipinski definition) is 5. The highest BCUT2D eigenvalue weighted by atomic mass is 16.6. The normalized spacial score (nSPS) is 10.3. The molecule has 0 aliphatic heterocycles. The summed E-state index contributed by atoms with van der Waals surface area (Å²) < 4.78 is 11.0. The van der Waals surface area contributed by atoms with Crippen LogP contribution in [0.3, 0.4) is 0 Å². The van der Waals surface area contributed by atoms with Gasteiger partial charge in [0.25, 0.3) is 5.69 Å². The molecule has 0 aliphatic rings. The van der Waals surface area contributed by atoms with Crippen LogP contribution >= 0.6 is 0 Å². The fourth-order valence-corrected chi connectivity index (χ4v) is 2.23. The van der Waals surface area contributed by atoms with Crippen molar-refractivity contribution >= 4 is 5.69 Å². The first kappa shape index (κ1) is 18.5. The molecule has 0 saturated carbocycles. The molecule has 0 saturated heterocycles. The molecule has 0 atom stereocenters. The van der Waals surface area contributed by atoms with E-state index in [4.69, 9.17) is 9.47 Å². The third-order valence-electron chi connectivity index (χ3n) is 3.51. The maximum Gasteiger partial charge on any atom is 0.269 e. The first-order valence-corrected chi connectivity index (χ1v) is 7.87. The summed E-state index contributed by atoms with van der Waals surface area (Å²) in [6.07, 6.45) is 0. The summed E-state index contributed by atoms with van der Waals surface area (Å²) >= 11 is 0. The molecule has 2 rings (SSSR count). The van der Waals surface area contributed by atoms with Crippen molar-refractivity contribution in [3.05, 3.63) is 75.9 Å². The van der Waals surface area contributed by atoms with Crippen LogP contribution in [-0.2, 0) is 13.1 Å². The molecule has 132 valence electrons. The summed E-state index contributed by atoms with van der Waals surface area (Å²) in [6.45, 7) is 7.43. The Morgan fingerprint density at radius 3 is 2.36 bits per heavy atom. The first-order valence-electron chi connectivity index (χ1n) is 7.87. The Hall–Kier alpha value is -2.86. The van der Waals surface area contributed by atoms with Crippen LogP contribution in [0, 0.1) is 10.1 Å². The van der Waals surface area contributed by atoms with Gasteiger partial charge < -0.3 is 14.8 Å². The summed E-state index contributed by atoms with van der Waals surface area (Å²) in [7, 11) is 1.61. The van der Waals surface area contributed by atoms with Crippen LogP contribution in [0.25, 0.3) is 0 Å². The van der Waals surface area contributed by atoms with Gasteiger partial charge in [-0.2, -0.15) is 0 Å². The summed E-state index contributed by atoms with van der Waals surface area (Å²) in [5.74, 6) is 1.36. The Bertz CT molecular complexity index is 742. The van der Waals surface area contributed by atoms with Gasteiger partial charge in [-0.15, -0.1) is 0 Å². The zero-order valence-electron chi connectivity index (χ0n) is 14.5. The average Bonchev–Trinajstić information content (AvgIpc) is 2.60. The molecule has 2 aromatic carbocycles. The molecule has 0 radical (unpaired) electrons. The van der Waals surface area contributed by atoms with E-state index in [1.165, 1.54) is 12.1 Å². The number of nitrogens with one attached hydrogen (secondary N) is 1. The van der Waals surface area contributed by atoms with E-state index in [0.29, 0.717) is 31.2 Å². The highest BCUT2D eigenvalue weighted by Crippen LogP contribution is 2.28. The number of nitrogens with zero attached hydrogens (tertiary/aromatic N) is 1. The Balaban J connectivity index is 1.94. The second-order valence-corrected chi connectivity index (χ2v) is 5.76. The van der Waals surface area contributed by atoms with Crippen LogP contribution in [0.4, 0.5) is 5.69 Å². The number of ether oxygens (including phenoxy) is 2. The molecule has 0 spiro atoms. The van der Waals surface area contributed by atoms with Gasteiger partial charge in [0.1, 0.15) is 6.61 Å². The largest absolute Gasteiger partial charge is 0.493 e. The average molecular weight is 342 g/mol. The number of nitro groups is 1. The fourth-order valence-electron chi connectivity index (χ4n) is 2.23. The van der Waals surface area contributed by atoms with E-state index < -0.39 is 4.92 Å². The number of nitro benzene ring substituents is 1. The zero-order valence-corrected chi connectivity index (χ0v) is 14.5. The van der Waals surface area contributed by atoms with Crippen molar-refractivity contribution in [2.24, 2.45) is 0 Å². The fraction of sp³-hybridized carbons (Fsp3) is 0.263. The molecule has 25 heavy (non-hydrogen) atoms. The predicted octanol–water partition coefficient (Wildman–Crippen LogP) is 3.85. The van der Waals surface area contributed by atoms with Crippen molar-refractivity contribution in [3.8, 4) is 11.5 Å². The monoisotopic (exact) mass is 342 g/mol. The smallest absolute Gasteiger partial charge is 0.269 e. The molecular weight excluding hydrogens is 320 g/mol. The van der Waals surface area contributed by atoms with Crippen molar-refractivity contribution in [2.45, 2.75) is 20.0 Å². The van der Waals surface area contributed by atoms with Gasteiger partial charge in [-0.25, -0.2) is 0 Å². The van der Waals surface area contributed by atoms with Crippen LogP contribution in [-0.4, -0.2) is 18.6 Å². The summed E-state index contributed by atoms with van der Waals surface area (Å²) in [6, 6.07) is 12.3. The first-order chi connectivity index (χ1) is 12.0. The topological polar surface area (TPSA) is 73.6 Å². The summed E-state index contributed by atoms with van der Waals surface area (Å²) in [5, 5.41) is 14.0. The highest BCUT2D eigenvalue weighted by Gasteiger charge is 2.07. The van der Waals surface area contributed by atoms with Crippen molar-refractivity contribution in [1.82, 2.24) is 5.32 Å². The lowest BCUT2D eigenvalue weighted by Crippen LogP contribution is -2.13. The van der Waals surface area contributed by atoms with Gasteiger partial charge in [0.15, 0.2) is 11.5 Å². The maximum atomic E-state index is 10.7. The van der Waals surface area contributed by atoms with Gasteiger partial charge >= 0.3 is 0 Å². The Kier molecular flexibility index (Phi) is 6.54. The van der Waals surface area contributed by atoms with Gasteiger partial charge in [-0.3, -0.25) is 10.1 Å². The van der Waals surface area contributed by atoms with E-state index >= 15 is 0 Å². The summed E-state index contributed by atoms with van der Waals surface area (Å²) in [5.41, 5.74) is 3.07. The molecule has 0 heterocycles. The molecule has 2 aromatic rings.